The first-order chi connectivity index (χ1) is 15.3. The summed E-state index contributed by atoms with van der Waals surface area (Å²) < 4.78 is 6.10. The molecule has 3 aromatic rings. The van der Waals surface area contributed by atoms with Gasteiger partial charge >= 0.3 is 17.8 Å². The first-order valence-electron chi connectivity index (χ1n) is 9.30. The summed E-state index contributed by atoms with van der Waals surface area (Å²) in [5, 5.41) is 6.68. The molecule has 7 nitrogen and oxygen atoms in total. The molecule has 2 N–H and O–H groups in total. The molecule has 0 spiro atoms. The lowest BCUT2D eigenvalue weighted by Gasteiger charge is -2.06. The van der Waals surface area contributed by atoms with Crippen LogP contribution in [-0.2, 0) is 9.59 Å². The van der Waals surface area contributed by atoms with E-state index in [9.17, 15) is 14.4 Å². The summed E-state index contributed by atoms with van der Waals surface area (Å²) in [6.45, 7) is 1.83. The first kappa shape index (κ1) is 23.2. The number of halogens is 2. The number of amides is 2. The Morgan fingerprint density at radius 3 is 2.44 bits per heavy atom. The van der Waals surface area contributed by atoms with Crippen LogP contribution in [0.2, 0.25) is 5.02 Å². The van der Waals surface area contributed by atoms with Gasteiger partial charge in [-0.15, -0.1) is 0 Å². The fourth-order valence-corrected chi connectivity index (χ4v) is 3.06. The summed E-state index contributed by atoms with van der Waals surface area (Å²) in [6.07, 6.45) is 1.35. The van der Waals surface area contributed by atoms with E-state index < -0.39 is 17.8 Å². The zero-order chi connectivity index (χ0) is 23.1. The van der Waals surface area contributed by atoms with Crippen molar-refractivity contribution in [1.82, 2.24) is 5.43 Å². The van der Waals surface area contributed by atoms with Crippen molar-refractivity contribution in [3.05, 3.63) is 92.9 Å². The number of rotatable bonds is 5. The maximum atomic E-state index is 12.2. The van der Waals surface area contributed by atoms with Crippen molar-refractivity contribution in [2.75, 3.05) is 5.32 Å². The highest BCUT2D eigenvalue weighted by Gasteiger charge is 2.13. The standard InChI is InChI=1S/C23H17BrClN3O4/c1-14-5-8-18(12-20(14)25)27-21(29)22(30)28-26-13-15-6-9-19(10-7-15)32-23(31)16-3-2-4-17(24)11-16/h2-13H,1H3,(H,27,29)(H,28,30). The minimum Gasteiger partial charge on any atom is -0.423 e. The molecule has 0 fully saturated rings. The number of nitrogens with one attached hydrogen (secondary N) is 2. The third kappa shape index (κ3) is 6.50. The predicted octanol–water partition coefficient (Wildman–Crippen LogP) is 4.72. The normalized spacial score (nSPS) is 10.6. The van der Waals surface area contributed by atoms with E-state index in [4.69, 9.17) is 16.3 Å². The van der Waals surface area contributed by atoms with Gasteiger partial charge in [-0.05, 0) is 72.6 Å². The fraction of sp³-hybridized carbons (Fsp3) is 0.0435. The average molecular weight is 515 g/mol. The average Bonchev–Trinajstić information content (AvgIpc) is 2.77. The number of hydrogen-bond donors (Lipinski definition) is 2. The summed E-state index contributed by atoms with van der Waals surface area (Å²) in [4.78, 5) is 36.0. The summed E-state index contributed by atoms with van der Waals surface area (Å²) in [7, 11) is 0. The number of carbonyl (C=O) groups is 3. The van der Waals surface area contributed by atoms with Crippen molar-refractivity contribution in [3.63, 3.8) is 0 Å². The van der Waals surface area contributed by atoms with Gasteiger partial charge in [-0.3, -0.25) is 9.59 Å². The number of hydrazone groups is 1. The Labute approximate surface area is 197 Å². The molecule has 3 rings (SSSR count). The van der Waals surface area contributed by atoms with Gasteiger partial charge in [0.1, 0.15) is 5.75 Å². The van der Waals surface area contributed by atoms with E-state index in [1.807, 2.05) is 13.0 Å². The van der Waals surface area contributed by atoms with Gasteiger partial charge in [0.25, 0.3) is 0 Å². The van der Waals surface area contributed by atoms with Crippen LogP contribution in [0.4, 0.5) is 5.69 Å². The Morgan fingerprint density at radius 1 is 1.00 bits per heavy atom. The lowest BCUT2D eigenvalue weighted by atomic mass is 10.2. The molecule has 2 amide bonds. The highest BCUT2D eigenvalue weighted by molar-refractivity contribution is 9.10. The maximum Gasteiger partial charge on any atom is 0.343 e. The maximum absolute atomic E-state index is 12.2. The third-order valence-corrected chi connectivity index (χ3v) is 5.07. The van der Waals surface area contributed by atoms with E-state index in [1.54, 1.807) is 60.7 Å². The van der Waals surface area contributed by atoms with Crippen molar-refractivity contribution in [1.29, 1.82) is 0 Å². The van der Waals surface area contributed by atoms with Crippen LogP contribution in [-0.4, -0.2) is 24.0 Å². The van der Waals surface area contributed by atoms with Gasteiger partial charge in [0, 0.05) is 15.2 Å². The number of aryl methyl sites for hydroxylation is 1. The molecule has 0 aliphatic heterocycles. The van der Waals surface area contributed by atoms with Crippen LogP contribution < -0.4 is 15.5 Å². The number of ether oxygens (including phenoxy) is 1. The van der Waals surface area contributed by atoms with E-state index in [1.165, 1.54) is 6.21 Å². The van der Waals surface area contributed by atoms with Gasteiger partial charge in [0.2, 0.25) is 0 Å². The molecule has 0 radical (unpaired) electrons. The smallest absolute Gasteiger partial charge is 0.343 e. The molecular weight excluding hydrogens is 498 g/mol. The zero-order valence-electron chi connectivity index (χ0n) is 16.8. The van der Waals surface area contributed by atoms with Crippen molar-refractivity contribution < 1.29 is 19.1 Å². The molecule has 162 valence electrons. The van der Waals surface area contributed by atoms with Gasteiger partial charge in [0.05, 0.1) is 11.8 Å². The highest BCUT2D eigenvalue weighted by Crippen LogP contribution is 2.20. The molecule has 32 heavy (non-hydrogen) atoms. The van der Waals surface area contributed by atoms with Gasteiger partial charge in [-0.1, -0.05) is 39.7 Å². The monoisotopic (exact) mass is 513 g/mol. The summed E-state index contributed by atoms with van der Waals surface area (Å²) >= 11 is 9.31. The molecule has 3 aromatic carbocycles. The molecule has 0 heterocycles. The number of esters is 1. The Hall–Kier alpha value is -3.49. The SMILES string of the molecule is Cc1ccc(NC(=O)C(=O)NN=Cc2ccc(OC(=O)c3cccc(Br)c3)cc2)cc1Cl. The van der Waals surface area contributed by atoms with Crippen LogP contribution in [0.1, 0.15) is 21.5 Å². The second-order valence-electron chi connectivity index (χ2n) is 6.59. The largest absolute Gasteiger partial charge is 0.423 e. The Bertz CT molecular complexity index is 1200. The van der Waals surface area contributed by atoms with Crippen LogP contribution in [0.5, 0.6) is 5.75 Å². The van der Waals surface area contributed by atoms with Crippen LogP contribution >= 0.6 is 27.5 Å². The van der Waals surface area contributed by atoms with Crippen LogP contribution in [0.25, 0.3) is 0 Å². The molecule has 0 bridgehead atoms. The Kier molecular flexibility index (Phi) is 7.75. The quantitative estimate of drug-likeness (QED) is 0.169. The number of anilines is 1. The van der Waals surface area contributed by atoms with E-state index >= 15 is 0 Å². The van der Waals surface area contributed by atoms with Crippen molar-refractivity contribution >= 4 is 57.2 Å². The number of carbonyl (C=O) groups excluding carboxylic acids is 3. The number of nitrogens with zero attached hydrogens (tertiary/aromatic N) is 1. The highest BCUT2D eigenvalue weighted by atomic mass is 79.9. The molecule has 0 aromatic heterocycles. The van der Waals surface area contributed by atoms with E-state index in [-0.39, 0.29) is 0 Å². The Morgan fingerprint density at radius 2 is 1.75 bits per heavy atom. The van der Waals surface area contributed by atoms with Gasteiger partial charge in [-0.2, -0.15) is 5.10 Å². The summed E-state index contributed by atoms with van der Waals surface area (Å²) in [6, 6.07) is 18.3. The van der Waals surface area contributed by atoms with Crippen LogP contribution in [0.15, 0.2) is 76.3 Å². The second-order valence-corrected chi connectivity index (χ2v) is 7.91. The summed E-state index contributed by atoms with van der Waals surface area (Å²) in [5.74, 6) is -1.94. The second kappa shape index (κ2) is 10.7. The van der Waals surface area contributed by atoms with E-state index in [2.05, 4.69) is 31.8 Å². The molecule has 0 unspecified atom stereocenters. The minimum absolute atomic E-state index is 0.354. The molecule has 0 aliphatic rings. The molecule has 0 saturated carbocycles. The lowest BCUT2D eigenvalue weighted by Crippen LogP contribution is -2.32. The molecule has 9 heteroatoms. The topological polar surface area (TPSA) is 96.9 Å². The van der Waals surface area contributed by atoms with Gasteiger partial charge in [-0.25, -0.2) is 10.2 Å². The van der Waals surface area contributed by atoms with E-state index in [0.717, 1.165) is 10.0 Å². The Balaban J connectivity index is 1.51. The lowest BCUT2D eigenvalue weighted by molar-refractivity contribution is -0.136. The number of benzene rings is 3. The minimum atomic E-state index is -0.933. The van der Waals surface area contributed by atoms with Crippen molar-refractivity contribution in [2.45, 2.75) is 6.92 Å². The van der Waals surface area contributed by atoms with E-state index in [0.29, 0.717) is 27.6 Å². The van der Waals surface area contributed by atoms with Gasteiger partial charge in [0.15, 0.2) is 0 Å². The fourth-order valence-electron chi connectivity index (χ4n) is 2.48. The first-order valence-corrected chi connectivity index (χ1v) is 10.5. The summed E-state index contributed by atoms with van der Waals surface area (Å²) in [5.41, 5.74) is 4.44. The predicted molar refractivity (Wildman–Crippen MR) is 126 cm³/mol. The molecule has 0 saturated heterocycles. The van der Waals surface area contributed by atoms with Crippen LogP contribution in [0.3, 0.4) is 0 Å². The number of hydrogen-bond acceptors (Lipinski definition) is 5. The molecule has 0 atom stereocenters. The van der Waals surface area contributed by atoms with Gasteiger partial charge < -0.3 is 10.1 Å². The zero-order valence-corrected chi connectivity index (χ0v) is 19.1. The molecule has 0 aliphatic carbocycles. The molecular formula is C23H17BrClN3O4. The van der Waals surface area contributed by atoms with Crippen LogP contribution in [0, 0.1) is 6.92 Å². The van der Waals surface area contributed by atoms with Crippen molar-refractivity contribution in [3.8, 4) is 5.75 Å². The third-order valence-electron chi connectivity index (χ3n) is 4.17. The van der Waals surface area contributed by atoms with Crippen molar-refractivity contribution in [2.24, 2.45) is 5.10 Å².